The van der Waals surface area contributed by atoms with Gasteiger partial charge in [0, 0.05) is 23.4 Å². The maximum atomic E-state index is 13.1. The van der Waals surface area contributed by atoms with Crippen LogP contribution in [0.3, 0.4) is 0 Å². The molecule has 0 spiro atoms. The van der Waals surface area contributed by atoms with Gasteiger partial charge in [-0.2, -0.15) is 4.31 Å². The van der Waals surface area contributed by atoms with E-state index < -0.39 is 25.9 Å². The topological polar surface area (TPSA) is 71.5 Å². The Balaban J connectivity index is 1.70. The average molecular weight is 404 g/mol. The molecule has 2 atom stereocenters. The van der Waals surface area contributed by atoms with Crippen molar-refractivity contribution in [3.63, 3.8) is 0 Å². The lowest BCUT2D eigenvalue weighted by molar-refractivity contribution is 0.338. The van der Waals surface area contributed by atoms with E-state index in [4.69, 9.17) is 0 Å². The van der Waals surface area contributed by atoms with Crippen LogP contribution < -0.4 is 0 Å². The van der Waals surface area contributed by atoms with Crippen molar-refractivity contribution in [1.82, 2.24) is 4.31 Å². The molecule has 142 valence electrons. The summed E-state index contributed by atoms with van der Waals surface area (Å²) in [5.74, 6) is 0. The van der Waals surface area contributed by atoms with E-state index in [-0.39, 0.29) is 22.3 Å². The molecule has 2 aliphatic heterocycles. The summed E-state index contributed by atoms with van der Waals surface area (Å²) < 4.78 is 53.6. The zero-order valence-electron chi connectivity index (χ0n) is 14.9. The van der Waals surface area contributed by atoms with Gasteiger partial charge in [-0.3, -0.25) is 0 Å². The molecule has 5 nitrogen and oxygen atoms in total. The number of hydrogen-bond acceptors (Lipinski definition) is 4. The number of sulfonamides is 1. The summed E-state index contributed by atoms with van der Waals surface area (Å²) in [7, 11) is -7.24. The lowest BCUT2D eigenvalue weighted by Gasteiger charge is -2.32. The first kappa shape index (κ1) is 18.4. The van der Waals surface area contributed by atoms with Crippen LogP contribution in [0.4, 0.5) is 0 Å². The third-order valence-corrected chi connectivity index (χ3v) is 9.17. The molecule has 0 saturated carbocycles. The molecule has 1 fully saturated rings. The van der Waals surface area contributed by atoms with Crippen molar-refractivity contribution in [3.05, 3.63) is 71.1 Å². The maximum absolute atomic E-state index is 13.1. The largest absolute Gasteiger partial charge is 0.243 e. The van der Waals surface area contributed by atoms with E-state index in [0.717, 1.165) is 5.56 Å². The predicted octanol–water partition coefficient (Wildman–Crippen LogP) is 3.28. The van der Waals surface area contributed by atoms with Crippen molar-refractivity contribution in [3.8, 4) is 0 Å². The van der Waals surface area contributed by atoms with Gasteiger partial charge in [-0.1, -0.05) is 42.0 Å². The summed E-state index contributed by atoms with van der Waals surface area (Å²) in [6.07, 6.45) is 3.17. The smallest absolute Gasteiger partial charge is 0.219 e. The van der Waals surface area contributed by atoms with Gasteiger partial charge in [0.1, 0.15) is 0 Å². The van der Waals surface area contributed by atoms with Gasteiger partial charge < -0.3 is 0 Å². The van der Waals surface area contributed by atoms with Crippen LogP contribution in [-0.4, -0.2) is 33.2 Å². The molecule has 2 aromatic rings. The molecule has 1 saturated heterocycles. The highest BCUT2D eigenvalue weighted by Crippen LogP contribution is 2.41. The summed E-state index contributed by atoms with van der Waals surface area (Å²) in [6, 6.07) is 14.4. The average Bonchev–Trinajstić information content (AvgIpc) is 2.94. The van der Waals surface area contributed by atoms with Gasteiger partial charge in [0.25, 0.3) is 0 Å². The van der Waals surface area contributed by atoms with Crippen molar-refractivity contribution in [2.45, 2.75) is 48.1 Å². The molecule has 0 N–H and O–H groups in total. The lowest BCUT2D eigenvalue weighted by atomic mass is 10.1. The number of nitrogens with zero attached hydrogens (tertiary/aromatic N) is 1. The van der Waals surface area contributed by atoms with Gasteiger partial charge in [0.05, 0.1) is 9.79 Å². The molecule has 2 aliphatic rings. The van der Waals surface area contributed by atoms with Crippen LogP contribution in [0, 0.1) is 6.92 Å². The highest BCUT2D eigenvalue weighted by molar-refractivity contribution is 7.95. The SMILES string of the molecule is Cc1ccc(S(=O)(=O)N2C3C=C(S(=O)(=O)c4ccccc4)CC2CC3)cc1. The molecule has 0 radical (unpaired) electrons. The van der Waals surface area contributed by atoms with Crippen LogP contribution >= 0.6 is 0 Å². The number of benzene rings is 2. The van der Waals surface area contributed by atoms with Gasteiger partial charge in [-0.05, 0) is 44.0 Å². The Bertz CT molecular complexity index is 1090. The maximum Gasteiger partial charge on any atom is 0.243 e. The summed E-state index contributed by atoms with van der Waals surface area (Å²) in [6.45, 7) is 1.91. The highest BCUT2D eigenvalue weighted by atomic mass is 32.2. The molecule has 0 amide bonds. The van der Waals surface area contributed by atoms with E-state index in [1.807, 2.05) is 6.92 Å². The van der Waals surface area contributed by atoms with Gasteiger partial charge >= 0.3 is 0 Å². The summed E-state index contributed by atoms with van der Waals surface area (Å²) >= 11 is 0. The second-order valence-corrected chi connectivity index (χ2v) is 10.9. The number of hydrogen-bond donors (Lipinski definition) is 0. The van der Waals surface area contributed by atoms with E-state index in [9.17, 15) is 16.8 Å². The fourth-order valence-electron chi connectivity index (χ4n) is 3.91. The van der Waals surface area contributed by atoms with Gasteiger partial charge in [-0.15, -0.1) is 0 Å². The van der Waals surface area contributed by atoms with E-state index in [1.165, 1.54) is 4.31 Å². The van der Waals surface area contributed by atoms with Gasteiger partial charge in [-0.25, -0.2) is 16.8 Å². The zero-order valence-corrected chi connectivity index (χ0v) is 16.6. The second kappa shape index (κ2) is 6.58. The second-order valence-electron chi connectivity index (χ2n) is 7.10. The first-order chi connectivity index (χ1) is 12.8. The van der Waals surface area contributed by atoms with Crippen molar-refractivity contribution in [1.29, 1.82) is 0 Å². The van der Waals surface area contributed by atoms with Crippen LogP contribution in [0.15, 0.2) is 75.4 Å². The number of fused-ring (bicyclic) bond motifs is 2. The standard InChI is InChI=1S/C20H21NO4S2/c1-15-7-11-19(12-8-15)27(24,25)21-16-9-10-17(21)14-20(13-16)26(22,23)18-5-3-2-4-6-18/h2-8,11-13,16-17H,9-10,14H2,1H3. The minimum absolute atomic E-state index is 0.221. The molecule has 2 bridgehead atoms. The molecule has 27 heavy (non-hydrogen) atoms. The molecule has 4 rings (SSSR count). The fraction of sp³-hybridized carbons (Fsp3) is 0.300. The van der Waals surface area contributed by atoms with Crippen LogP contribution in [0.5, 0.6) is 0 Å². The Morgan fingerprint density at radius 3 is 2.15 bits per heavy atom. The highest BCUT2D eigenvalue weighted by Gasteiger charge is 2.46. The summed E-state index contributed by atoms with van der Waals surface area (Å²) in [5, 5.41) is 0. The number of rotatable bonds is 4. The molecule has 0 aromatic heterocycles. The number of sulfone groups is 1. The summed E-state index contributed by atoms with van der Waals surface area (Å²) in [5.41, 5.74) is 0.992. The monoisotopic (exact) mass is 403 g/mol. The minimum atomic E-state index is -3.65. The summed E-state index contributed by atoms with van der Waals surface area (Å²) in [4.78, 5) is 0.842. The molecule has 2 aromatic carbocycles. The Morgan fingerprint density at radius 2 is 1.52 bits per heavy atom. The molecular weight excluding hydrogens is 382 g/mol. The van der Waals surface area contributed by atoms with Gasteiger partial charge in [0.2, 0.25) is 19.9 Å². The van der Waals surface area contributed by atoms with Crippen molar-refractivity contribution in [2.24, 2.45) is 0 Å². The quantitative estimate of drug-likeness (QED) is 0.785. The molecule has 2 unspecified atom stereocenters. The molecular formula is C20H21NO4S2. The normalized spacial score (nSPS) is 23.2. The first-order valence-electron chi connectivity index (χ1n) is 8.91. The zero-order chi connectivity index (χ0) is 19.2. The van der Waals surface area contributed by atoms with E-state index in [0.29, 0.717) is 17.7 Å². The van der Waals surface area contributed by atoms with Crippen molar-refractivity contribution in [2.75, 3.05) is 0 Å². The first-order valence-corrected chi connectivity index (χ1v) is 11.8. The third kappa shape index (κ3) is 3.13. The molecule has 0 aliphatic carbocycles. The van der Waals surface area contributed by atoms with Crippen LogP contribution in [0.25, 0.3) is 0 Å². The van der Waals surface area contributed by atoms with Gasteiger partial charge in [0.15, 0.2) is 0 Å². The Morgan fingerprint density at radius 1 is 0.852 bits per heavy atom. The van der Waals surface area contributed by atoms with Crippen LogP contribution in [0.1, 0.15) is 24.8 Å². The van der Waals surface area contributed by atoms with E-state index in [1.54, 1.807) is 60.7 Å². The third-order valence-electron chi connectivity index (χ3n) is 5.29. The van der Waals surface area contributed by atoms with E-state index in [2.05, 4.69) is 0 Å². The molecule has 7 heteroatoms. The molecule has 2 heterocycles. The van der Waals surface area contributed by atoms with Crippen molar-refractivity contribution < 1.29 is 16.8 Å². The lowest BCUT2D eigenvalue weighted by Crippen LogP contribution is -2.43. The Labute approximate surface area is 160 Å². The predicted molar refractivity (Wildman–Crippen MR) is 103 cm³/mol. The van der Waals surface area contributed by atoms with Crippen LogP contribution in [-0.2, 0) is 19.9 Å². The van der Waals surface area contributed by atoms with E-state index >= 15 is 0 Å². The fourth-order valence-corrected chi connectivity index (χ4v) is 7.29. The van der Waals surface area contributed by atoms with Crippen molar-refractivity contribution >= 4 is 19.9 Å². The Kier molecular flexibility index (Phi) is 4.49. The van der Waals surface area contributed by atoms with Crippen LogP contribution in [0.2, 0.25) is 0 Å². The number of aryl methyl sites for hydroxylation is 1. The Hall–Kier alpha value is -1.96. The minimum Gasteiger partial charge on any atom is -0.219 e.